The molecule has 0 aromatic carbocycles. The first-order valence-electron chi connectivity index (χ1n) is 2.23. The van der Waals surface area contributed by atoms with Gasteiger partial charge in [0.05, 0.1) is 0 Å². The zero-order valence-electron chi connectivity index (χ0n) is 3.99. The Bertz CT molecular complexity index is 68.1. The van der Waals surface area contributed by atoms with Gasteiger partial charge in [0.1, 0.15) is 12.3 Å². The molecular weight excluding hydrogens is 117 g/mol. The van der Waals surface area contributed by atoms with Crippen molar-refractivity contribution in [1.29, 1.82) is 0 Å². The summed E-state index contributed by atoms with van der Waals surface area (Å²) in [6.07, 6.45) is -2.24. The molecule has 1 fully saturated rings. The van der Waals surface area contributed by atoms with Crippen LogP contribution in [0.25, 0.3) is 0 Å². The highest BCUT2D eigenvalue weighted by atomic mass is 31.1. The molecule has 0 amide bonds. The van der Waals surface area contributed by atoms with Gasteiger partial charge < -0.3 is 0 Å². The van der Waals surface area contributed by atoms with Crippen molar-refractivity contribution in [3.05, 3.63) is 0 Å². The maximum atomic E-state index is 11.8. The minimum absolute atomic E-state index is 0.236. The fourth-order valence-electron chi connectivity index (χ4n) is 0.558. The molecule has 0 aromatic rings. The van der Waals surface area contributed by atoms with Gasteiger partial charge >= 0.3 is 0 Å². The van der Waals surface area contributed by atoms with E-state index in [1.54, 1.807) is 0 Å². The summed E-state index contributed by atoms with van der Waals surface area (Å²) in [6, 6.07) is 0. The van der Waals surface area contributed by atoms with Gasteiger partial charge in [-0.25, -0.2) is 8.78 Å². The zero-order valence-corrected chi connectivity index (χ0v) is 4.99. The molecule has 1 rings (SSSR count). The van der Waals surface area contributed by atoms with Gasteiger partial charge in [0, 0.05) is 5.66 Å². The number of hydrogen-bond acceptors (Lipinski definition) is 0. The minimum Gasteiger partial charge on any atom is -0.243 e. The van der Waals surface area contributed by atoms with E-state index in [0.29, 0.717) is 8.58 Å². The van der Waals surface area contributed by atoms with Crippen molar-refractivity contribution in [2.24, 2.45) is 0 Å². The molecule has 1 aliphatic rings. The normalized spacial score (nSPS) is 51.0. The highest BCUT2D eigenvalue weighted by Crippen LogP contribution is 2.42. The van der Waals surface area contributed by atoms with Crippen molar-refractivity contribution in [2.75, 3.05) is 6.66 Å². The lowest BCUT2D eigenvalue weighted by atomic mass is 10.9. The maximum Gasteiger partial charge on any atom is 0.141 e. The SMILES string of the molecule is CPC1C(F)C1F. The summed E-state index contributed by atoms with van der Waals surface area (Å²) in [5, 5.41) is 0. The van der Waals surface area contributed by atoms with E-state index in [2.05, 4.69) is 0 Å². The van der Waals surface area contributed by atoms with Crippen molar-refractivity contribution < 1.29 is 8.78 Å². The second-order valence-electron chi connectivity index (χ2n) is 1.70. The fourth-order valence-corrected chi connectivity index (χ4v) is 1.45. The van der Waals surface area contributed by atoms with E-state index < -0.39 is 12.3 Å². The molecule has 0 spiro atoms. The van der Waals surface area contributed by atoms with Crippen molar-refractivity contribution in [3.8, 4) is 0 Å². The van der Waals surface area contributed by atoms with Crippen LogP contribution in [-0.4, -0.2) is 24.7 Å². The first kappa shape index (κ1) is 5.43. The van der Waals surface area contributed by atoms with Gasteiger partial charge in [-0.3, -0.25) is 0 Å². The van der Waals surface area contributed by atoms with Crippen LogP contribution in [0.15, 0.2) is 0 Å². The quantitative estimate of drug-likeness (QED) is 0.463. The smallest absolute Gasteiger partial charge is 0.141 e. The van der Waals surface area contributed by atoms with Crippen molar-refractivity contribution >= 4 is 8.58 Å². The number of hydrogen-bond donors (Lipinski definition) is 0. The average Bonchev–Trinajstić information content (AvgIpc) is 2.17. The van der Waals surface area contributed by atoms with Crippen LogP contribution in [-0.2, 0) is 0 Å². The van der Waals surface area contributed by atoms with Gasteiger partial charge in [-0.05, 0) is 6.66 Å². The van der Waals surface area contributed by atoms with Crippen LogP contribution in [0.4, 0.5) is 8.78 Å². The first-order chi connectivity index (χ1) is 3.27. The molecular formula is C4H7F2P. The molecule has 0 bridgehead atoms. The Balaban J connectivity index is 2.24. The molecule has 0 saturated heterocycles. The summed E-state index contributed by atoms with van der Waals surface area (Å²) in [6.45, 7) is 1.83. The van der Waals surface area contributed by atoms with Crippen LogP contribution >= 0.6 is 8.58 Å². The predicted molar refractivity (Wildman–Crippen MR) is 27.8 cm³/mol. The maximum absolute atomic E-state index is 11.8. The van der Waals surface area contributed by atoms with Crippen molar-refractivity contribution in [1.82, 2.24) is 0 Å². The second kappa shape index (κ2) is 1.66. The fraction of sp³-hybridized carbons (Fsp3) is 1.00. The third kappa shape index (κ3) is 0.766. The van der Waals surface area contributed by atoms with Crippen LogP contribution in [0.3, 0.4) is 0 Å². The molecule has 0 radical (unpaired) electrons. The molecule has 7 heavy (non-hydrogen) atoms. The Morgan fingerprint density at radius 1 is 1.29 bits per heavy atom. The van der Waals surface area contributed by atoms with E-state index in [0.717, 1.165) is 0 Å². The molecule has 0 nitrogen and oxygen atoms in total. The van der Waals surface area contributed by atoms with E-state index in [1.165, 1.54) is 0 Å². The van der Waals surface area contributed by atoms with Gasteiger partial charge in [-0.1, -0.05) is 0 Å². The molecule has 3 heteroatoms. The zero-order chi connectivity index (χ0) is 5.44. The third-order valence-corrected chi connectivity index (χ3v) is 2.49. The molecule has 0 N–H and O–H groups in total. The Hall–Kier alpha value is 0.290. The summed E-state index contributed by atoms with van der Waals surface area (Å²) >= 11 is 0. The molecule has 1 saturated carbocycles. The van der Waals surface area contributed by atoms with Crippen LogP contribution in [0.1, 0.15) is 0 Å². The lowest BCUT2D eigenvalue weighted by Gasteiger charge is -1.77. The summed E-state index contributed by atoms with van der Waals surface area (Å²) in [4.78, 5) is 0. The molecule has 42 valence electrons. The van der Waals surface area contributed by atoms with Crippen LogP contribution in [0, 0.1) is 0 Å². The van der Waals surface area contributed by atoms with Crippen molar-refractivity contribution in [2.45, 2.75) is 18.0 Å². The van der Waals surface area contributed by atoms with Gasteiger partial charge in [0.2, 0.25) is 0 Å². The molecule has 3 atom stereocenters. The topological polar surface area (TPSA) is 0 Å². The van der Waals surface area contributed by atoms with E-state index in [4.69, 9.17) is 0 Å². The summed E-state index contributed by atoms with van der Waals surface area (Å²) in [5.74, 6) is 0. The molecule has 0 aliphatic heterocycles. The van der Waals surface area contributed by atoms with Crippen LogP contribution < -0.4 is 0 Å². The van der Waals surface area contributed by atoms with Gasteiger partial charge in [-0.2, -0.15) is 0 Å². The van der Waals surface area contributed by atoms with Gasteiger partial charge in [0.15, 0.2) is 0 Å². The van der Waals surface area contributed by atoms with E-state index >= 15 is 0 Å². The van der Waals surface area contributed by atoms with Crippen LogP contribution in [0.2, 0.25) is 0 Å². The second-order valence-corrected chi connectivity index (χ2v) is 2.95. The van der Waals surface area contributed by atoms with Crippen LogP contribution in [0.5, 0.6) is 0 Å². The predicted octanol–water partition coefficient (Wildman–Crippen LogP) is 1.35. The Morgan fingerprint density at radius 3 is 1.71 bits per heavy atom. The van der Waals surface area contributed by atoms with E-state index in [1.807, 2.05) is 6.66 Å². The molecule has 0 heterocycles. The number of alkyl halides is 2. The lowest BCUT2D eigenvalue weighted by Crippen LogP contribution is -1.71. The molecule has 0 aromatic heterocycles. The summed E-state index contributed by atoms with van der Waals surface area (Å²) < 4.78 is 23.6. The Labute approximate surface area is 43.1 Å². The van der Waals surface area contributed by atoms with Crippen molar-refractivity contribution in [3.63, 3.8) is 0 Å². The highest BCUT2D eigenvalue weighted by Gasteiger charge is 2.50. The van der Waals surface area contributed by atoms with Gasteiger partial charge in [-0.15, -0.1) is 8.58 Å². The highest BCUT2D eigenvalue weighted by molar-refractivity contribution is 7.38. The number of rotatable bonds is 1. The average molecular weight is 124 g/mol. The molecule has 1 aliphatic carbocycles. The summed E-state index contributed by atoms with van der Waals surface area (Å²) in [5.41, 5.74) is -0.236. The standard InChI is InChI=1S/C4H7F2P/c1-7-4-2(5)3(4)6/h2-4,7H,1H3. The largest absolute Gasteiger partial charge is 0.243 e. The lowest BCUT2D eigenvalue weighted by molar-refractivity contribution is 0.372. The number of halogens is 2. The Kier molecular flexibility index (Phi) is 1.29. The minimum atomic E-state index is -1.12. The monoisotopic (exact) mass is 124 g/mol. The Morgan fingerprint density at radius 2 is 1.71 bits per heavy atom. The third-order valence-electron chi connectivity index (χ3n) is 1.18. The first-order valence-corrected chi connectivity index (χ1v) is 3.80. The summed E-state index contributed by atoms with van der Waals surface area (Å²) in [7, 11) is 0.436. The molecule has 3 unspecified atom stereocenters. The van der Waals surface area contributed by atoms with E-state index in [9.17, 15) is 8.78 Å². The van der Waals surface area contributed by atoms with Gasteiger partial charge in [0.25, 0.3) is 0 Å². The van der Waals surface area contributed by atoms with E-state index in [-0.39, 0.29) is 5.66 Å².